The predicted octanol–water partition coefficient (Wildman–Crippen LogP) is 0.974. The Hall–Kier alpha value is -1.35. The van der Waals surface area contributed by atoms with Crippen molar-refractivity contribution < 1.29 is 9.90 Å². The summed E-state index contributed by atoms with van der Waals surface area (Å²) in [7, 11) is 0. The molecule has 0 spiro atoms. The lowest BCUT2D eigenvalue weighted by molar-refractivity contribution is -0.125. The van der Waals surface area contributed by atoms with Crippen LogP contribution >= 0.6 is 0 Å². The number of nitrogens with one attached hydrogen (secondary N) is 1. The van der Waals surface area contributed by atoms with E-state index in [0.717, 1.165) is 6.42 Å². The van der Waals surface area contributed by atoms with Crippen molar-refractivity contribution in [1.29, 1.82) is 0 Å². The van der Waals surface area contributed by atoms with Crippen molar-refractivity contribution in [2.45, 2.75) is 13.3 Å². The molecule has 0 fully saturated rings. The summed E-state index contributed by atoms with van der Waals surface area (Å²) >= 11 is 0. The van der Waals surface area contributed by atoms with Crippen LogP contribution in [0.25, 0.3) is 0 Å². The highest BCUT2D eigenvalue weighted by molar-refractivity contribution is 5.78. The molecule has 0 radical (unpaired) electrons. The van der Waals surface area contributed by atoms with E-state index in [-0.39, 0.29) is 18.4 Å². The highest BCUT2D eigenvalue weighted by atomic mass is 16.3. The molecule has 0 aliphatic carbocycles. The molecule has 3 heteroatoms. The van der Waals surface area contributed by atoms with E-state index in [1.165, 1.54) is 5.56 Å². The minimum Gasteiger partial charge on any atom is -0.396 e. The maximum absolute atomic E-state index is 11.3. The number of rotatable bonds is 5. The molecule has 0 unspecified atom stereocenters. The van der Waals surface area contributed by atoms with Gasteiger partial charge in [-0.2, -0.15) is 0 Å². The van der Waals surface area contributed by atoms with Crippen LogP contribution in [0, 0.1) is 5.92 Å². The second-order valence-electron chi connectivity index (χ2n) is 3.61. The van der Waals surface area contributed by atoms with Crippen molar-refractivity contribution in [3.05, 3.63) is 35.9 Å². The molecule has 0 saturated carbocycles. The van der Waals surface area contributed by atoms with E-state index < -0.39 is 0 Å². The van der Waals surface area contributed by atoms with Crippen molar-refractivity contribution >= 4 is 5.91 Å². The second-order valence-corrected chi connectivity index (χ2v) is 3.61. The van der Waals surface area contributed by atoms with E-state index in [0.29, 0.717) is 6.54 Å². The first-order valence-electron chi connectivity index (χ1n) is 5.16. The maximum Gasteiger partial charge on any atom is 0.225 e. The standard InChI is InChI=1S/C12H17NO2/c1-10(9-14)12(15)13-8-7-11-5-3-2-4-6-11/h2-6,10,14H,7-9H2,1H3,(H,13,15)/t10-/m1/s1. The van der Waals surface area contributed by atoms with Gasteiger partial charge in [0, 0.05) is 6.54 Å². The zero-order valence-corrected chi connectivity index (χ0v) is 8.94. The van der Waals surface area contributed by atoms with Crippen LogP contribution in [0.4, 0.5) is 0 Å². The van der Waals surface area contributed by atoms with Crippen LogP contribution < -0.4 is 5.32 Å². The number of amides is 1. The first kappa shape index (κ1) is 11.7. The van der Waals surface area contributed by atoms with Gasteiger partial charge in [0.1, 0.15) is 0 Å². The summed E-state index contributed by atoms with van der Waals surface area (Å²) in [4.78, 5) is 11.3. The van der Waals surface area contributed by atoms with E-state index >= 15 is 0 Å². The third-order valence-corrected chi connectivity index (χ3v) is 2.28. The molecule has 3 nitrogen and oxygen atoms in total. The number of carbonyl (C=O) groups is 1. The van der Waals surface area contributed by atoms with Crippen LogP contribution in [0.1, 0.15) is 12.5 Å². The molecule has 1 amide bonds. The van der Waals surface area contributed by atoms with Crippen LogP contribution in [0.5, 0.6) is 0 Å². The molecule has 1 aromatic rings. The minimum atomic E-state index is -0.319. The predicted molar refractivity (Wildman–Crippen MR) is 59.4 cm³/mol. The fourth-order valence-corrected chi connectivity index (χ4v) is 1.23. The van der Waals surface area contributed by atoms with Crippen LogP contribution in [-0.4, -0.2) is 24.2 Å². The Bertz CT molecular complexity index is 298. The van der Waals surface area contributed by atoms with Crippen molar-refractivity contribution in [2.24, 2.45) is 5.92 Å². The van der Waals surface area contributed by atoms with Crippen LogP contribution in [0.3, 0.4) is 0 Å². The summed E-state index contributed by atoms with van der Waals surface area (Å²) in [5.41, 5.74) is 1.20. The quantitative estimate of drug-likeness (QED) is 0.756. The Morgan fingerprint density at radius 1 is 1.40 bits per heavy atom. The molecule has 0 saturated heterocycles. The summed E-state index contributed by atoms with van der Waals surface area (Å²) in [6.07, 6.45) is 0.824. The molecule has 82 valence electrons. The third-order valence-electron chi connectivity index (χ3n) is 2.28. The topological polar surface area (TPSA) is 49.3 Å². The highest BCUT2D eigenvalue weighted by Gasteiger charge is 2.09. The molecule has 0 bridgehead atoms. The molecule has 1 rings (SSSR count). The fraction of sp³-hybridized carbons (Fsp3) is 0.417. The van der Waals surface area contributed by atoms with Crippen LogP contribution in [0.15, 0.2) is 30.3 Å². The van der Waals surface area contributed by atoms with E-state index in [1.54, 1.807) is 6.92 Å². The van der Waals surface area contributed by atoms with Gasteiger partial charge in [0.15, 0.2) is 0 Å². The van der Waals surface area contributed by atoms with Gasteiger partial charge in [0.05, 0.1) is 12.5 Å². The Morgan fingerprint density at radius 3 is 2.67 bits per heavy atom. The van der Waals surface area contributed by atoms with E-state index in [2.05, 4.69) is 5.32 Å². The normalized spacial score (nSPS) is 12.1. The van der Waals surface area contributed by atoms with Gasteiger partial charge in [0.25, 0.3) is 0 Å². The first-order valence-corrected chi connectivity index (χ1v) is 5.16. The number of carbonyl (C=O) groups excluding carboxylic acids is 1. The van der Waals surface area contributed by atoms with Gasteiger partial charge in [-0.25, -0.2) is 0 Å². The minimum absolute atomic E-state index is 0.0894. The molecule has 0 aromatic heterocycles. The van der Waals surface area contributed by atoms with Gasteiger partial charge in [-0.1, -0.05) is 37.3 Å². The number of hydrogen-bond acceptors (Lipinski definition) is 2. The van der Waals surface area contributed by atoms with Gasteiger partial charge in [-0.05, 0) is 12.0 Å². The molecule has 15 heavy (non-hydrogen) atoms. The highest BCUT2D eigenvalue weighted by Crippen LogP contribution is 1.98. The van der Waals surface area contributed by atoms with Gasteiger partial charge in [0.2, 0.25) is 5.91 Å². The average molecular weight is 207 g/mol. The number of aliphatic hydroxyl groups excluding tert-OH is 1. The van der Waals surface area contributed by atoms with Gasteiger partial charge in [-0.3, -0.25) is 4.79 Å². The molecule has 1 atom stereocenters. The summed E-state index contributed by atoms with van der Waals surface area (Å²) in [5.74, 6) is -0.408. The van der Waals surface area contributed by atoms with Gasteiger partial charge < -0.3 is 10.4 Å². The summed E-state index contributed by atoms with van der Waals surface area (Å²) in [5, 5.41) is 11.5. The molecule has 2 N–H and O–H groups in total. The Balaban J connectivity index is 2.25. The van der Waals surface area contributed by atoms with Crippen molar-refractivity contribution in [3.63, 3.8) is 0 Å². The molecule has 0 aliphatic rings. The van der Waals surface area contributed by atoms with E-state index in [4.69, 9.17) is 5.11 Å². The molecule has 1 aromatic carbocycles. The molecule has 0 heterocycles. The van der Waals surface area contributed by atoms with Crippen molar-refractivity contribution in [1.82, 2.24) is 5.32 Å². The summed E-state index contributed by atoms with van der Waals surface area (Å²) < 4.78 is 0. The fourth-order valence-electron chi connectivity index (χ4n) is 1.23. The Labute approximate surface area is 90.1 Å². The largest absolute Gasteiger partial charge is 0.396 e. The number of benzene rings is 1. The van der Waals surface area contributed by atoms with Gasteiger partial charge in [-0.15, -0.1) is 0 Å². The van der Waals surface area contributed by atoms with E-state index in [1.807, 2.05) is 30.3 Å². The SMILES string of the molecule is C[C@H](CO)C(=O)NCCc1ccccc1. The maximum atomic E-state index is 11.3. The Kier molecular flexibility index (Phi) is 4.84. The number of aliphatic hydroxyl groups is 1. The zero-order valence-electron chi connectivity index (χ0n) is 8.94. The Morgan fingerprint density at radius 2 is 2.07 bits per heavy atom. The van der Waals surface area contributed by atoms with Crippen molar-refractivity contribution in [3.8, 4) is 0 Å². The molecular weight excluding hydrogens is 190 g/mol. The lowest BCUT2D eigenvalue weighted by Gasteiger charge is -2.09. The molecular formula is C12H17NO2. The lowest BCUT2D eigenvalue weighted by atomic mass is 10.1. The smallest absolute Gasteiger partial charge is 0.225 e. The average Bonchev–Trinajstić information content (AvgIpc) is 2.29. The lowest BCUT2D eigenvalue weighted by Crippen LogP contribution is -2.32. The third kappa shape index (κ3) is 4.13. The summed E-state index contributed by atoms with van der Waals surface area (Å²) in [6, 6.07) is 9.99. The van der Waals surface area contributed by atoms with Crippen LogP contribution in [-0.2, 0) is 11.2 Å². The number of hydrogen-bond donors (Lipinski definition) is 2. The summed E-state index contributed by atoms with van der Waals surface area (Å²) in [6.45, 7) is 2.22. The zero-order chi connectivity index (χ0) is 11.1. The monoisotopic (exact) mass is 207 g/mol. The van der Waals surface area contributed by atoms with Crippen LogP contribution in [0.2, 0.25) is 0 Å². The van der Waals surface area contributed by atoms with Crippen molar-refractivity contribution in [2.75, 3.05) is 13.2 Å². The second kappa shape index (κ2) is 6.19. The van der Waals surface area contributed by atoms with Gasteiger partial charge >= 0.3 is 0 Å². The molecule has 0 aliphatic heterocycles. The first-order chi connectivity index (χ1) is 7.24. The van der Waals surface area contributed by atoms with E-state index in [9.17, 15) is 4.79 Å².